The van der Waals surface area contributed by atoms with Gasteiger partial charge in [-0.05, 0) is 18.2 Å². The van der Waals surface area contributed by atoms with E-state index in [0.29, 0.717) is 5.69 Å². The second-order valence-corrected chi connectivity index (χ2v) is 5.40. The highest BCUT2D eigenvalue weighted by molar-refractivity contribution is 7.89. The van der Waals surface area contributed by atoms with E-state index in [4.69, 9.17) is 5.14 Å². The van der Waals surface area contributed by atoms with E-state index in [1.165, 1.54) is 25.1 Å². The molecule has 0 fully saturated rings. The molecule has 1 aromatic rings. The van der Waals surface area contributed by atoms with Gasteiger partial charge in [0.15, 0.2) is 0 Å². The summed E-state index contributed by atoms with van der Waals surface area (Å²) in [6.07, 6.45) is 0. The number of halogens is 1. The lowest BCUT2D eigenvalue weighted by molar-refractivity contribution is -0.114. The number of carbonyl (C=O) groups excluding carboxylic acids is 1. The molecule has 0 radical (unpaired) electrons. The molecule has 0 unspecified atom stereocenters. The van der Waals surface area contributed by atoms with Gasteiger partial charge in [-0.25, -0.2) is 17.9 Å². The number of primary sulfonamides is 1. The lowest BCUT2D eigenvalue weighted by Crippen LogP contribution is -2.22. The number of nitrogens with two attached hydrogens (primary N) is 1. The van der Waals surface area contributed by atoms with Gasteiger partial charge in [-0.1, -0.05) is 0 Å². The van der Waals surface area contributed by atoms with Gasteiger partial charge in [-0.15, -0.1) is 0 Å². The van der Waals surface area contributed by atoms with Gasteiger partial charge in [-0.3, -0.25) is 4.79 Å². The maximum absolute atomic E-state index is 13.3. The summed E-state index contributed by atoms with van der Waals surface area (Å²) >= 11 is 0. The average molecular weight is 275 g/mol. The van der Waals surface area contributed by atoms with Crippen LogP contribution < -0.4 is 15.8 Å². The largest absolute Gasteiger partial charge is 0.384 e. The van der Waals surface area contributed by atoms with E-state index in [9.17, 15) is 17.6 Å². The van der Waals surface area contributed by atoms with Crippen LogP contribution in [0.2, 0.25) is 0 Å². The Labute approximate surface area is 104 Å². The lowest BCUT2D eigenvalue weighted by atomic mass is 10.2. The molecule has 6 nitrogen and oxygen atoms in total. The summed E-state index contributed by atoms with van der Waals surface area (Å²) in [4.78, 5) is 10.8. The van der Waals surface area contributed by atoms with Gasteiger partial charge in [0.25, 0.3) is 0 Å². The number of anilines is 2. The predicted molar refractivity (Wildman–Crippen MR) is 67.2 cm³/mol. The normalized spacial score (nSPS) is 11.1. The molecule has 0 spiro atoms. The van der Waals surface area contributed by atoms with Crippen LogP contribution in [-0.4, -0.2) is 26.6 Å². The molecule has 0 atom stereocenters. The zero-order chi connectivity index (χ0) is 13.8. The molecule has 0 aliphatic heterocycles. The summed E-state index contributed by atoms with van der Waals surface area (Å²) < 4.78 is 34.7. The lowest BCUT2D eigenvalue weighted by Gasteiger charge is -2.09. The molecule has 0 saturated heterocycles. The molecule has 1 rings (SSSR count). The van der Waals surface area contributed by atoms with Gasteiger partial charge in [0.1, 0.15) is 5.82 Å². The minimum Gasteiger partial charge on any atom is -0.384 e. The van der Waals surface area contributed by atoms with Crippen molar-refractivity contribution in [2.24, 2.45) is 5.14 Å². The molecule has 0 saturated carbocycles. The van der Waals surface area contributed by atoms with Gasteiger partial charge in [0.05, 0.1) is 11.4 Å². The molecule has 1 amide bonds. The molecule has 0 heterocycles. The Morgan fingerprint density at radius 2 is 2.11 bits per heavy atom. The number of nitrogens with one attached hydrogen (secondary N) is 2. The van der Waals surface area contributed by atoms with Crippen molar-refractivity contribution in [2.75, 3.05) is 22.9 Å². The average Bonchev–Trinajstić information content (AvgIpc) is 2.20. The molecular weight excluding hydrogens is 261 g/mol. The van der Waals surface area contributed by atoms with Crippen LogP contribution in [0.5, 0.6) is 0 Å². The number of amides is 1. The first-order valence-electron chi connectivity index (χ1n) is 5.09. The fourth-order valence-corrected chi connectivity index (χ4v) is 1.64. The molecule has 100 valence electrons. The molecule has 18 heavy (non-hydrogen) atoms. The van der Waals surface area contributed by atoms with Crippen LogP contribution >= 0.6 is 0 Å². The summed E-state index contributed by atoms with van der Waals surface area (Å²) in [6.45, 7) is 1.37. The van der Waals surface area contributed by atoms with E-state index >= 15 is 0 Å². The van der Waals surface area contributed by atoms with E-state index < -0.39 is 21.7 Å². The predicted octanol–water partition coefficient (Wildman–Crippen LogP) is 0.485. The third-order valence-corrected chi connectivity index (χ3v) is 2.77. The Balaban J connectivity index is 2.70. The van der Waals surface area contributed by atoms with Gasteiger partial charge >= 0.3 is 0 Å². The Hall–Kier alpha value is -1.67. The SMILES string of the molecule is CC(=O)Nc1cc(NCCS(N)(=O)=O)ccc1F. The molecular formula is C10H14FN3O3S. The third-order valence-electron chi connectivity index (χ3n) is 1.99. The van der Waals surface area contributed by atoms with Crippen molar-refractivity contribution in [2.45, 2.75) is 6.92 Å². The summed E-state index contributed by atoms with van der Waals surface area (Å²) in [7, 11) is -3.54. The van der Waals surface area contributed by atoms with Crippen LogP contribution in [0.3, 0.4) is 0 Å². The zero-order valence-corrected chi connectivity index (χ0v) is 10.6. The number of hydrogen-bond donors (Lipinski definition) is 3. The molecule has 4 N–H and O–H groups in total. The van der Waals surface area contributed by atoms with Crippen LogP contribution in [0.15, 0.2) is 18.2 Å². The minimum absolute atomic E-state index is 0.0307. The van der Waals surface area contributed by atoms with Crippen LogP contribution in [0, 0.1) is 5.82 Å². The Kier molecular flexibility index (Phi) is 4.62. The van der Waals surface area contributed by atoms with Gasteiger partial charge < -0.3 is 10.6 Å². The van der Waals surface area contributed by atoms with Crippen molar-refractivity contribution in [1.82, 2.24) is 0 Å². The smallest absolute Gasteiger partial charge is 0.221 e. The van der Waals surface area contributed by atoms with Crippen molar-refractivity contribution in [1.29, 1.82) is 0 Å². The highest BCUT2D eigenvalue weighted by atomic mass is 32.2. The first-order chi connectivity index (χ1) is 8.28. The fourth-order valence-electron chi connectivity index (χ4n) is 1.26. The van der Waals surface area contributed by atoms with Gasteiger partial charge in [0, 0.05) is 19.2 Å². The van der Waals surface area contributed by atoms with Crippen LogP contribution in [0.25, 0.3) is 0 Å². The number of benzene rings is 1. The van der Waals surface area contributed by atoms with E-state index in [0.717, 1.165) is 0 Å². The van der Waals surface area contributed by atoms with Crippen LogP contribution in [0.4, 0.5) is 15.8 Å². The fraction of sp³-hybridized carbons (Fsp3) is 0.300. The second-order valence-electron chi connectivity index (χ2n) is 3.67. The number of carbonyl (C=O) groups is 1. The molecule has 0 aromatic heterocycles. The van der Waals surface area contributed by atoms with Crippen molar-refractivity contribution in [3.8, 4) is 0 Å². The first kappa shape index (κ1) is 14.4. The maximum atomic E-state index is 13.3. The Bertz CT molecular complexity index is 545. The number of rotatable bonds is 5. The van der Waals surface area contributed by atoms with E-state index in [1.54, 1.807) is 0 Å². The molecule has 0 bridgehead atoms. The summed E-state index contributed by atoms with van der Waals surface area (Å²) in [5.74, 6) is -1.20. The zero-order valence-electron chi connectivity index (χ0n) is 9.73. The quantitative estimate of drug-likeness (QED) is 0.727. The molecule has 0 aliphatic carbocycles. The van der Waals surface area contributed by atoms with Crippen molar-refractivity contribution in [3.63, 3.8) is 0 Å². The number of hydrogen-bond acceptors (Lipinski definition) is 4. The minimum atomic E-state index is -3.54. The first-order valence-corrected chi connectivity index (χ1v) is 6.81. The molecule has 8 heteroatoms. The Morgan fingerprint density at radius 3 is 2.67 bits per heavy atom. The summed E-state index contributed by atoms with van der Waals surface area (Å²) in [5.41, 5.74) is 0.520. The molecule has 1 aromatic carbocycles. The van der Waals surface area contributed by atoms with Crippen LogP contribution in [-0.2, 0) is 14.8 Å². The van der Waals surface area contributed by atoms with Crippen molar-refractivity contribution >= 4 is 27.3 Å². The third kappa shape index (κ3) is 5.11. The maximum Gasteiger partial charge on any atom is 0.221 e. The highest BCUT2D eigenvalue weighted by Gasteiger charge is 2.06. The van der Waals surface area contributed by atoms with E-state index in [2.05, 4.69) is 10.6 Å². The van der Waals surface area contributed by atoms with E-state index in [-0.39, 0.29) is 18.0 Å². The van der Waals surface area contributed by atoms with Gasteiger partial charge in [0.2, 0.25) is 15.9 Å². The molecule has 0 aliphatic rings. The monoisotopic (exact) mass is 275 g/mol. The summed E-state index contributed by atoms with van der Waals surface area (Å²) in [6, 6.07) is 3.98. The standard InChI is InChI=1S/C10H14FN3O3S/c1-7(15)14-10-6-8(2-3-9(10)11)13-4-5-18(12,16)17/h2-3,6,13H,4-5H2,1H3,(H,14,15)(H2,12,16,17). The van der Waals surface area contributed by atoms with Crippen molar-refractivity contribution in [3.05, 3.63) is 24.0 Å². The number of sulfonamides is 1. The topological polar surface area (TPSA) is 101 Å². The Morgan fingerprint density at radius 1 is 1.44 bits per heavy atom. The highest BCUT2D eigenvalue weighted by Crippen LogP contribution is 2.19. The van der Waals surface area contributed by atoms with Gasteiger partial charge in [-0.2, -0.15) is 0 Å². The second kappa shape index (κ2) is 5.78. The summed E-state index contributed by atoms with van der Waals surface area (Å²) in [5, 5.41) is 9.92. The van der Waals surface area contributed by atoms with Crippen molar-refractivity contribution < 1.29 is 17.6 Å². The van der Waals surface area contributed by atoms with Crippen LogP contribution in [0.1, 0.15) is 6.92 Å². The van der Waals surface area contributed by atoms with E-state index in [1.807, 2.05) is 0 Å².